The van der Waals surface area contributed by atoms with Crippen LogP contribution in [0.4, 0.5) is 10.2 Å². The van der Waals surface area contributed by atoms with Gasteiger partial charge in [-0.25, -0.2) is 9.07 Å². The van der Waals surface area contributed by atoms with Crippen LogP contribution >= 0.6 is 24.0 Å². The van der Waals surface area contributed by atoms with Gasteiger partial charge in [0.25, 0.3) is 0 Å². The molecule has 168 valence electrons. The van der Waals surface area contributed by atoms with E-state index in [0.29, 0.717) is 42.4 Å². The second-order valence-electron chi connectivity index (χ2n) is 7.15. The first-order valence-electron chi connectivity index (χ1n) is 10.0. The molecule has 4 N–H and O–H groups in total. The van der Waals surface area contributed by atoms with Crippen LogP contribution in [-0.2, 0) is 13.0 Å². The Bertz CT molecular complexity index is 1100. The van der Waals surface area contributed by atoms with Crippen molar-refractivity contribution >= 4 is 35.8 Å². The predicted octanol–water partition coefficient (Wildman–Crippen LogP) is 3.69. The number of hydrogen-bond donors (Lipinski definition) is 3. The molecular weight excluding hydrogens is 520 g/mol. The van der Waals surface area contributed by atoms with Crippen LogP contribution in [0.3, 0.4) is 0 Å². The molecule has 0 saturated carbocycles. The van der Waals surface area contributed by atoms with Crippen LogP contribution in [-0.4, -0.2) is 29.3 Å². The Hall–Kier alpha value is -3.13. The van der Waals surface area contributed by atoms with Gasteiger partial charge in [-0.15, -0.1) is 24.0 Å². The molecule has 0 saturated heterocycles. The van der Waals surface area contributed by atoms with E-state index in [4.69, 9.17) is 5.73 Å². The van der Waals surface area contributed by atoms with E-state index in [-0.39, 0.29) is 35.6 Å². The molecule has 9 heteroatoms. The van der Waals surface area contributed by atoms with Crippen LogP contribution in [0.25, 0.3) is 5.69 Å². The summed E-state index contributed by atoms with van der Waals surface area (Å²) in [5.74, 6) is 0.622. The van der Waals surface area contributed by atoms with E-state index < -0.39 is 0 Å². The number of aliphatic imine (C=N–C) groups is 1. The Balaban J connectivity index is 0.00000363. The minimum atomic E-state index is -0.342. The molecule has 0 aliphatic carbocycles. The molecule has 0 spiro atoms. The summed E-state index contributed by atoms with van der Waals surface area (Å²) < 4.78 is 14.7. The number of hydrogen-bond acceptors (Lipinski definition) is 4. The molecule has 32 heavy (non-hydrogen) atoms. The largest absolute Gasteiger partial charge is 0.382 e. The molecule has 7 nitrogen and oxygen atoms in total. The van der Waals surface area contributed by atoms with E-state index in [1.54, 1.807) is 19.2 Å². The van der Waals surface area contributed by atoms with Gasteiger partial charge in [0.05, 0.1) is 11.4 Å². The second-order valence-corrected chi connectivity index (χ2v) is 7.15. The number of nitrogens with one attached hydrogen (secondary N) is 2. The highest BCUT2D eigenvalue weighted by Gasteiger charge is 2.16. The van der Waals surface area contributed by atoms with Gasteiger partial charge in [0.2, 0.25) is 0 Å². The van der Waals surface area contributed by atoms with Gasteiger partial charge in [0.1, 0.15) is 23.3 Å². The Morgan fingerprint density at radius 2 is 1.97 bits per heavy atom. The Morgan fingerprint density at radius 1 is 1.22 bits per heavy atom. The zero-order valence-electron chi connectivity index (χ0n) is 18.1. The third-order valence-electron chi connectivity index (χ3n) is 4.83. The maximum absolute atomic E-state index is 13.2. The maximum atomic E-state index is 13.2. The van der Waals surface area contributed by atoms with Crippen molar-refractivity contribution in [3.8, 4) is 11.8 Å². The maximum Gasteiger partial charge on any atom is 0.191 e. The molecule has 3 rings (SSSR count). The smallest absolute Gasteiger partial charge is 0.191 e. The van der Waals surface area contributed by atoms with Gasteiger partial charge in [-0.05, 0) is 49.6 Å². The summed E-state index contributed by atoms with van der Waals surface area (Å²) in [7, 11) is 1.73. The molecule has 2 aromatic carbocycles. The minimum Gasteiger partial charge on any atom is -0.382 e. The van der Waals surface area contributed by atoms with Crippen molar-refractivity contribution in [3.05, 3.63) is 76.7 Å². The normalized spacial score (nSPS) is 10.9. The third kappa shape index (κ3) is 6.43. The quantitative estimate of drug-likeness (QED) is 0.181. The number of halogens is 2. The second kappa shape index (κ2) is 12.0. The van der Waals surface area contributed by atoms with Crippen LogP contribution in [0.2, 0.25) is 0 Å². The summed E-state index contributed by atoms with van der Waals surface area (Å²) in [5.41, 5.74) is 10.1. The van der Waals surface area contributed by atoms with Crippen molar-refractivity contribution in [2.45, 2.75) is 26.3 Å². The summed E-state index contributed by atoms with van der Waals surface area (Å²) >= 11 is 0. The average Bonchev–Trinajstić information content (AvgIpc) is 3.09. The van der Waals surface area contributed by atoms with E-state index >= 15 is 0 Å². The van der Waals surface area contributed by atoms with Crippen molar-refractivity contribution in [2.24, 2.45) is 4.99 Å². The first-order valence-corrected chi connectivity index (χ1v) is 10.0. The monoisotopic (exact) mass is 547 g/mol. The number of nitrogens with zero attached hydrogens (tertiary/aromatic N) is 4. The van der Waals surface area contributed by atoms with Gasteiger partial charge in [-0.2, -0.15) is 10.4 Å². The van der Waals surface area contributed by atoms with Gasteiger partial charge >= 0.3 is 0 Å². The summed E-state index contributed by atoms with van der Waals surface area (Å²) in [4.78, 5) is 4.24. The summed E-state index contributed by atoms with van der Waals surface area (Å²) in [6, 6.07) is 16.3. The number of aryl methyl sites for hydroxylation is 2. The standard InChI is InChI=1S/C23H26FN7.HI/c1-16-5-3-6-17(13-16)15-29-23(27-2)28-12-4-7-21-20(14-25)22(26)31(30-21)19-10-8-18(24)9-11-19;/h3,5-6,8-11,13H,4,7,12,15,26H2,1-2H3,(H2,27,28,29);1H. The van der Waals surface area contributed by atoms with E-state index in [2.05, 4.69) is 51.9 Å². The molecule has 1 heterocycles. The fraction of sp³-hybridized carbons (Fsp3) is 0.261. The van der Waals surface area contributed by atoms with Gasteiger partial charge < -0.3 is 16.4 Å². The van der Waals surface area contributed by atoms with Crippen molar-refractivity contribution < 1.29 is 4.39 Å². The van der Waals surface area contributed by atoms with Crippen LogP contribution in [0.5, 0.6) is 0 Å². The van der Waals surface area contributed by atoms with Gasteiger partial charge in [-0.3, -0.25) is 4.99 Å². The topological polar surface area (TPSA) is 104 Å². The lowest BCUT2D eigenvalue weighted by molar-refractivity contribution is 0.627. The number of rotatable bonds is 7. The average molecular weight is 547 g/mol. The fourth-order valence-corrected chi connectivity index (χ4v) is 3.25. The highest BCUT2D eigenvalue weighted by atomic mass is 127. The third-order valence-corrected chi connectivity index (χ3v) is 4.83. The van der Waals surface area contributed by atoms with Gasteiger partial charge in [-0.1, -0.05) is 29.8 Å². The van der Waals surface area contributed by atoms with Gasteiger partial charge in [0, 0.05) is 20.1 Å². The number of nitrogen functional groups attached to an aromatic ring is 1. The SMILES string of the molecule is CN=C(NCCCc1nn(-c2ccc(F)cc2)c(N)c1C#N)NCc1cccc(C)c1.I. The molecule has 0 amide bonds. The molecule has 3 aromatic rings. The Kier molecular flexibility index (Phi) is 9.46. The molecule has 1 aromatic heterocycles. The van der Waals surface area contributed by atoms with Gasteiger partial charge in [0.15, 0.2) is 5.96 Å². The first-order chi connectivity index (χ1) is 15.0. The number of guanidine groups is 1. The lowest BCUT2D eigenvalue weighted by atomic mass is 10.1. The molecule has 0 aliphatic rings. The van der Waals surface area contributed by atoms with Crippen molar-refractivity contribution in [1.29, 1.82) is 5.26 Å². The molecule has 0 radical (unpaired) electrons. The lowest BCUT2D eigenvalue weighted by Gasteiger charge is -2.12. The lowest BCUT2D eigenvalue weighted by Crippen LogP contribution is -2.37. The Labute approximate surface area is 204 Å². The van der Waals surface area contributed by atoms with E-state index in [9.17, 15) is 9.65 Å². The zero-order chi connectivity index (χ0) is 22.2. The highest BCUT2D eigenvalue weighted by Crippen LogP contribution is 2.21. The van der Waals surface area contributed by atoms with Crippen molar-refractivity contribution in [1.82, 2.24) is 20.4 Å². The van der Waals surface area contributed by atoms with E-state index in [1.807, 2.05) is 6.07 Å². The molecule has 0 fully saturated rings. The minimum absolute atomic E-state index is 0. The number of benzene rings is 2. The van der Waals surface area contributed by atoms with Crippen LogP contribution in [0.15, 0.2) is 53.5 Å². The van der Waals surface area contributed by atoms with E-state index in [0.717, 1.165) is 6.42 Å². The predicted molar refractivity (Wildman–Crippen MR) is 136 cm³/mol. The van der Waals surface area contributed by atoms with Crippen molar-refractivity contribution in [2.75, 3.05) is 19.3 Å². The molecule has 0 aliphatic heterocycles. The highest BCUT2D eigenvalue weighted by molar-refractivity contribution is 14.0. The summed E-state index contributed by atoms with van der Waals surface area (Å²) in [5, 5.41) is 20.5. The summed E-state index contributed by atoms with van der Waals surface area (Å²) in [6.07, 6.45) is 1.31. The van der Waals surface area contributed by atoms with Crippen LogP contribution in [0.1, 0.15) is 28.8 Å². The Morgan fingerprint density at radius 3 is 2.62 bits per heavy atom. The number of nitriles is 1. The summed E-state index contributed by atoms with van der Waals surface area (Å²) in [6.45, 7) is 3.40. The molecular formula is C23H27FIN7. The number of anilines is 1. The molecule has 0 bridgehead atoms. The number of nitrogens with two attached hydrogens (primary N) is 1. The molecule has 0 unspecified atom stereocenters. The molecule has 0 atom stereocenters. The van der Waals surface area contributed by atoms with E-state index in [1.165, 1.54) is 27.9 Å². The zero-order valence-corrected chi connectivity index (χ0v) is 20.4. The first kappa shape index (κ1) is 25.1. The number of aromatic nitrogens is 2. The van der Waals surface area contributed by atoms with Crippen molar-refractivity contribution in [3.63, 3.8) is 0 Å². The van der Waals surface area contributed by atoms with Crippen LogP contribution in [0, 0.1) is 24.1 Å². The fourth-order valence-electron chi connectivity index (χ4n) is 3.25. The van der Waals surface area contributed by atoms with Crippen LogP contribution < -0.4 is 16.4 Å².